The molecule has 9 nitrogen and oxygen atoms in total. The van der Waals surface area contributed by atoms with Gasteiger partial charge in [0.1, 0.15) is 23.4 Å². The zero-order valence-corrected chi connectivity index (χ0v) is 19.8. The van der Waals surface area contributed by atoms with Crippen molar-refractivity contribution in [3.05, 3.63) is 52.8 Å². The molecule has 0 fully saturated rings. The highest BCUT2D eigenvalue weighted by molar-refractivity contribution is 6.30. The third kappa shape index (κ3) is 4.44. The molecule has 2 aromatic heterocycles. The van der Waals surface area contributed by atoms with Gasteiger partial charge in [-0.3, -0.25) is 4.79 Å². The molecule has 2 atom stereocenters. The predicted octanol–water partition coefficient (Wildman–Crippen LogP) is 2.94. The predicted molar refractivity (Wildman–Crippen MR) is 122 cm³/mol. The van der Waals surface area contributed by atoms with Gasteiger partial charge < -0.3 is 25.6 Å². The molecule has 1 aliphatic rings. The maximum atomic E-state index is 14.1. The molecule has 0 unspecified atom stereocenters. The third-order valence-electron chi connectivity index (χ3n) is 5.92. The van der Waals surface area contributed by atoms with Crippen molar-refractivity contribution >= 4 is 29.3 Å². The number of nitrogens with one attached hydrogen (secondary N) is 1. The first-order valence-electron chi connectivity index (χ1n) is 10.7. The summed E-state index contributed by atoms with van der Waals surface area (Å²) in [6.45, 7) is 5.32. The minimum atomic E-state index is -1.60. The molecule has 35 heavy (non-hydrogen) atoms. The summed E-state index contributed by atoms with van der Waals surface area (Å²) in [4.78, 5) is 27.3. The first-order chi connectivity index (χ1) is 16.4. The van der Waals surface area contributed by atoms with Crippen LogP contribution in [0.1, 0.15) is 26.6 Å². The van der Waals surface area contributed by atoms with Gasteiger partial charge in [0.15, 0.2) is 17.5 Å². The van der Waals surface area contributed by atoms with Crippen LogP contribution in [0.25, 0.3) is 11.3 Å². The van der Waals surface area contributed by atoms with Crippen molar-refractivity contribution in [2.45, 2.75) is 45.0 Å². The lowest BCUT2D eigenvalue weighted by Gasteiger charge is -2.43. The van der Waals surface area contributed by atoms with Gasteiger partial charge in [0.2, 0.25) is 11.9 Å². The number of hydrogen-bond acceptors (Lipinski definition) is 7. The number of aliphatic hydroxyl groups excluding tert-OH is 1. The number of imidazole rings is 1. The quantitative estimate of drug-likeness (QED) is 0.452. The maximum absolute atomic E-state index is 14.1. The van der Waals surface area contributed by atoms with E-state index in [1.165, 1.54) is 24.2 Å². The van der Waals surface area contributed by atoms with Crippen LogP contribution < -0.4 is 11.1 Å². The topological polar surface area (TPSA) is 122 Å². The highest BCUT2D eigenvalue weighted by atomic mass is 35.5. The van der Waals surface area contributed by atoms with Crippen LogP contribution in [0.4, 0.5) is 24.9 Å². The van der Waals surface area contributed by atoms with Crippen molar-refractivity contribution in [3.8, 4) is 11.3 Å². The molecule has 0 spiro atoms. The number of rotatable bonds is 5. The number of aliphatic hydroxyl groups is 1. The number of nitrogens with zero attached hydrogens (tertiary/aromatic N) is 5. The average molecular weight is 510 g/mol. The summed E-state index contributed by atoms with van der Waals surface area (Å²) < 4.78 is 43.6. The van der Waals surface area contributed by atoms with Crippen molar-refractivity contribution in [1.82, 2.24) is 24.4 Å². The van der Waals surface area contributed by atoms with Crippen molar-refractivity contribution in [1.29, 1.82) is 0 Å². The van der Waals surface area contributed by atoms with Gasteiger partial charge in [-0.25, -0.2) is 28.1 Å². The van der Waals surface area contributed by atoms with Gasteiger partial charge >= 0.3 is 0 Å². The van der Waals surface area contributed by atoms with Gasteiger partial charge in [0.25, 0.3) is 0 Å². The van der Waals surface area contributed by atoms with Crippen LogP contribution in [0.5, 0.6) is 0 Å². The van der Waals surface area contributed by atoms with Gasteiger partial charge in [-0.15, -0.1) is 0 Å². The van der Waals surface area contributed by atoms with E-state index in [0.717, 1.165) is 12.1 Å². The van der Waals surface area contributed by atoms with Crippen LogP contribution >= 0.6 is 11.6 Å². The number of carbonyl (C=O) groups excluding carboxylic acids is 1. The van der Waals surface area contributed by atoms with E-state index in [0.29, 0.717) is 10.8 Å². The van der Waals surface area contributed by atoms with E-state index in [1.807, 2.05) is 0 Å². The number of aromatic nitrogens is 4. The van der Waals surface area contributed by atoms with Crippen molar-refractivity contribution in [2.24, 2.45) is 5.73 Å². The summed E-state index contributed by atoms with van der Waals surface area (Å²) in [6.07, 6.45) is 1.66. The summed E-state index contributed by atoms with van der Waals surface area (Å²) >= 11 is 5.86. The monoisotopic (exact) mass is 509 g/mol. The Bertz CT molecular complexity index is 1260. The third-order valence-corrected chi connectivity index (χ3v) is 6.11. The lowest BCUT2D eigenvalue weighted by atomic mass is 9.97. The lowest BCUT2D eigenvalue weighted by molar-refractivity contribution is -0.142. The highest BCUT2D eigenvalue weighted by Gasteiger charge is 2.43. The first kappa shape index (κ1) is 24.9. The Morgan fingerprint density at radius 1 is 1.20 bits per heavy atom. The zero-order valence-electron chi connectivity index (χ0n) is 19.1. The molecule has 13 heteroatoms. The molecule has 1 aromatic carbocycles. The van der Waals surface area contributed by atoms with E-state index >= 15 is 0 Å². The second kappa shape index (κ2) is 9.10. The zero-order chi connectivity index (χ0) is 25.7. The molecule has 3 heterocycles. The fraction of sp³-hybridized carbons (Fsp3) is 0.364. The largest absolute Gasteiger partial charge is 0.391 e. The standard InChI is InChI=1S/C22H23ClF3N7O2/c1-10(34)16(27)19(35)33-5-4-32-18(31-21-28-8-12(23)9-29-21)17(30-20(32)22(33,2)3)11-6-13(24)15(26)14(25)7-11/h6-10,16,34H,4-5,27H2,1-3H3,(H,28,29,31)/t10-,16-/m0/s1. The van der Waals surface area contributed by atoms with Crippen LogP contribution in [0.2, 0.25) is 5.02 Å². The Hall–Kier alpha value is -3.22. The number of halogens is 4. The van der Waals surface area contributed by atoms with E-state index < -0.39 is 41.0 Å². The molecule has 4 N–H and O–H groups in total. The fourth-order valence-corrected chi connectivity index (χ4v) is 4.11. The smallest absolute Gasteiger partial charge is 0.243 e. The van der Waals surface area contributed by atoms with Gasteiger partial charge in [0, 0.05) is 18.7 Å². The molecule has 1 aliphatic heterocycles. The van der Waals surface area contributed by atoms with Crippen LogP contribution in [-0.4, -0.2) is 54.1 Å². The Morgan fingerprint density at radius 2 is 1.80 bits per heavy atom. The molecular formula is C22H23ClF3N7O2. The Morgan fingerprint density at radius 3 is 2.37 bits per heavy atom. The Balaban J connectivity index is 1.87. The van der Waals surface area contributed by atoms with Gasteiger partial charge in [-0.2, -0.15) is 0 Å². The van der Waals surface area contributed by atoms with Crippen LogP contribution in [0, 0.1) is 17.5 Å². The van der Waals surface area contributed by atoms with Crippen LogP contribution in [0.3, 0.4) is 0 Å². The number of benzene rings is 1. The van der Waals surface area contributed by atoms with E-state index in [2.05, 4.69) is 20.3 Å². The normalized spacial score (nSPS) is 16.5. The van der Waals surface area contributed by atoms with Crippen molar-refractivity contribution in [2.75, 3.05) is 11.9 Å². The van der Waals surface area contributed by atoms with Crippen LogP contribution in [0.15, 0.2) is 24.5 Å². The molecule has 1 amide bonds. The molecule has 0 saturated carbocycles. The SMILES string of the molecule is C[C@H](O)[C@H](N)C(=O)N1CCn2c(nc(-c3cc(F)c(F)c(F)c3)c2Nc2ncc(Cl)cn2)C1(C)C. The van der Waals surface area contributed by atoms with Crippen molar-refractivity contribution < 1.29 is 23.1 Å². The second-order valence-electron chi connectivity index (χ2n) is 8.70. The number of amides is 1. The van der Waals surface area contributed by atoms with E-state index in [9.17, 15) is 23.1 Å². The number of fused-ring (bicyclic) bond motifs is 1. The molecular weight excluding hydrogens is 487 g/mol. The molecule has 0 bridgehead atoms. The summed E-state index contributed by atoms with van der Waals surface area (Å²) in [7, 11) is 0. The molecule has 3 aromatic rings. The minimum Gasteiger partial charge on any atom is -0.391 e. The van der Waals surface area contributed by atoms with E-state index in [1.54, 1.807) is 18.4 Å². The van der Waals surface area contributed by atoms with Gasteiger partial charge in [0.05, 0.1) is 29.1 Å². The average Bonchev–Trinajstić information content (AvgIpc) is 3.17. The maximum Gasteiger partial charge on any atom is 0.243 e. The Kier molecular flexibility index (Phi) is 6.47. The molecule has 0 radical (unpaired) electrons. The number of nitrogens with two attached hydrogens (primary N) is 1. The van der Waals surface area contributed by atoms with Crippen LogP contribution in [-0.2, 0) is 16.9 Å². The summed E-state index contributed by atoms with van der Waals surface area (Å²) in [5.74, 6) is -4.04. The Labute approximate surface area is 203 Å². The van der Waals surface area contributed by atoms with Crippen molar-refractivity contribution in [3.63, 3.8) is 0 Å². The van der Waals surface area contributed by atoms with Gasteiger partial charge in [-0.05, 0) is 32.9 Å². The molecule has 0 saturated heterocycles. The molecule has 0 aliphatic carbocycles. The number of anilines is 2. The molecule has 4 rings (SSSR count). The second-order valence-corrected chi connectivity index (χ2v) is 9.14. The van der Waals surface area contributed by atoms with E-state index in [4.69, 9.17) is 17.3 Å². The summed E-state index contributed by atoms with van der Waals surface area (Å²) in [6, 6.07) is 0.524. The number of hydrogen-bond donors (Lipinski definition) is 3. The fourth-order valence-electron chi connectivity index (χ4n) is 4.01. The summed E-state index contributed by atoms with van der Waals surface area (Å²) in [5, 5.41) is 13.1. The lowest BCUT2D eigenvalue weighted by Crippen LogP contribution is -2.58. The van der Waals surface area contributed by atoms with E-state index in [-0.39, 0.29) is 36.1 Å². The first-order valence-corrected chi connectivity index (χ1v) is 11.0. The minimum absolute atomic E-state index is 0.0332. The molecule has 186 valence electrons. The van der Waals surface area contributed by atoms with Gasteiger partial charge in [-0.1, -0.05) is 11.6 Å². The summed E-state index contributed by atoms with van der Waals surface area (Å²) in [5.41, 5.74) is 4.92. The number of carbonyl (C=O) groups is 1. The highest BCUT2D eigenvalue weighted by Crippen LogP contribution is 2.40.